The first kappa shape index (κ1) is 14.2. The maximum atomic E-state index is 11.9. The zero-order valence-electron chi connectivity index (χ0n) is 10.9. The summed E-state index contributed by atoms with van der Waals surface area (Å²) >= 11 is 0. The molecule has 0 radical (unpaired) electrons. The topological polar surface area (TPSA) is 83.7 Å². The molecule has 0 unspecified atom stereocenters. The Bertz CT molecular complexity index is 516. The van der Waals surface area contributed by atoms with E-state index < -0.39 is 4.92 Å². The third-order valence-electron chi connectivity index (χ3n) is 3.30. The fourth-order valence-electron chi connectivity index (χ4n) is 2.07. The van der Waals surface area contributed by atoms with Crippen molar-refractivity contribution in [3.8, 4) is 0 Å². The lowest BCUT2D eigenvalue weighted by atomic mass is 10.1. The number of aliphatic hydroxyl groups is 1. The molecule has 1 fully saturated rings. The Morgan fingerprint density at radius 2 is 1.90 bits per heavy atom. The molecule has 1 aromatic rings. The normalized spacial score (nSPS) is 16.6. The maximum absolute atomic E-state index is 11.9. The molecule has 6 nitrogen and oxygen atoms in total. The smallest absolute Gasteiger partial charge is 0.269 e. The number of carbonyl (C=O) groups is 1. The van der Waals surface area contributed by atoms with Crippen LogP contribution < -0.4 is 0 Å². The highest BCUT2D eigenvalue weighted by molar-refractivity contribution is 5.91. The molecule has 106 valence electrons. The van der Waals surface area contributed by atoms with Crippen LogP contribution in [0.3, 0.4) is 0 Å². The predicted molar refractivity (Wildman–Crippen MR) is 74.0 cm³/mol. The molecule has 0 saturated carbocycles. The average molecular weight is 276 g/mol. The first-order valence-electron chi connectivity index (χ1n) is 6.46. The third-order valence-corrected chi connectivity index (χ3v) is 3.30. The quantitative estimate of drug-likeness (QED) is 0.516. The first-order valence-corrected chi connectivity index (χ1v) is 6.46. The van der Waals surface area contributed by atoms with Gasteiger partial charge in [-0.25, -0.2) is 0 Å². The Kier molecular flexibility index (Phi) is 4.47. The minimum atomic E-state index is -0.461. The van der Waals surface area contributed by atoms with Crippen molar-refractivity contribution in [1.82, 2.24) is 4.90 Å². The number of nitro benzene ring substituents is 1. The van der Waals surface area contributed by atoms with Crippen LogP contribution in [-0.2, 0) is 4.79 Å². The molecule has 0 aromatic heterocycles. The Labute approximate surface area is 116 Å². The Hall–Kier alpha value is -2.21. The Morgan fingerprint density at radius 1 is 1.30 bits per heavy atom. The summed E-state index contributed by atoms with van der Waals surface area (Å²) in [6.07, 6.45) is 4.00. The highest BCUT2D eigenvalue weighted by Crippen LogP contribution is 2.14. The van der Waals surface area contributed by atoms with Gasteiger partial charge < -0.3 is 10.0 Å². The monoisotopic (exact) mass is 276 g/mol. The third kappa shape index (κ3) is 3.64. The number of likely N-dealkylation sites (tertiary alicyclic amines) is 1. The second-order valence-electron chi connectivity index (χ2n) is 4.74. The fourth-order valence-corrected chi connectivity index (χ4v) is 2.07. The van der Waals surface area contributed by atoms with E-state index in [0.29, 0.717) is 25.9 Å². The zero-order chi connectivity index (χ0) is 14.5. The first-order chi connectivity index (χ1) is 9.56. The van der Waals surface area contributed by atoms with Gasteiger partial charge in [-0.1, -0.05) is 0 Å². The number of carbonyl (C=O) groups excluding carboxylic acids is 1. The molecular weight excluding hydrogens is 260 g/mol. The van der Waals surface area contributed by atoms with E-state index >= 15 is 0 Å². The van der Waals surface area contributed by atoms with Crippen LogP contribution in [0.4, 0.5) is 5.69 Å². The van der Waals surface area contributed by atoms with Crippen molar-refractivity contribution in [3.05, 3.63) is 46.0 Å². The van der Waals surface area contributed by atoms with Crippen LogP contribution in [0.5, 0.6) is 0 Å². The molecular formula is C14H16N2O4. The van der Waals surface area contributed by atoms with Crippen LogP contribution in [0.2, 0.25) is 0 Å². The summed E-state index contributed by atoms with van der Waals surface area (Å²) in [6.45, 7) is 1.12. The van der Waals surface area contributed by atoms with E-state index in [4.69, 9.17) is 0 Å². The van der Waals surface area contributed by atoms with Crippen molar-refractivity contribution in [1.29, 1.82) is 0 Å². The molecule has 1 aromatic carbocycles. The van der Waals surface area contributed by atoms with Crippen LogP contribution in [0, 0.1) is 10.1 Å². The Balaban J connectivity index is 1.95. The summed E-state index contributed by atoms with van der Waals surface area (Å²) in [4.78, 5) is 23.6. The minimum absolute atomic E-state index is 0.0264. The van der Waals surface area contributed by atoms with Gasteiger partial charge in [-0.2, -0.15) is 0 Å². The number of amides is 1. The molecule has 1 aliphatic heterocycles. The molecule has 20 heavy (non-hydrogen) atoms. The lowest BCUT2D eigenvalue weighted by Gasteiger charge is -2.28. The summed E-state index contributed by atoms with van der Waals surface area (Å²) in [5.41, 5.74) is 0.763. The molecule has 0 spiro atoms. The second kappa shape index (κ2) is 6.29. The van der Waals surface area contributed by atoms with Crippen LogP contribution in [0.25, 0.3) is 6.08 Å². The van der Waals surface area contributed by atoms with E-state index in [1.165, 1.54) is 18.2 Å². The van der Waals surface area contributed by atoms with Crippen molar-refractivity contribution in [2.45, 2.75) is 18.9 Å². The average Bonchev–Trinajstić information content (AvgIpc) is 2.46. The zero-order valence-corrected chi connectivity index (χ0v) is 10.9. The molecule has 1 heterocycles. The van der Waals surface area contributed by atoms with E-state index in [1.54, 1.807) is 23.1 Å². The number of piperidine rings is 1. The summed E-state index contributed by atoms with van der Waals surface area (Å²) in [5, 5.41) is 19.9. The maximum Gasteiger partial charge on any atom is 0.269 e. The highest BCUT2D eigenvalue weighted by Gasteiger charge is 2.19. The van der Waals surface area contributed by atoms with Crippen LogP contribution >= 0.6 is 0 Å². The van der Waals surface area contributed by atoms with Crippen molar-refractivity contribution < 1.29 is 14.8 Å². The van der Waals surface area contributed by atoms with Crippen molar-refractivity contribution in [2.24, 2.45) is 0 Å². The summed E-state index contributed by atoms with van der Waals surface area (Å²) in [7, 11) is 0. The van der Waals surface area contributed by atoms with Gasteiger partial charge in [0.05, 0.1) is 11.0 Å². The van der Waals surface area contributed by atoms with Crippen LogP contribution in [0.15, 0.2) is 30.3 Å². The molecule has 1 aliphatic rings. The van der Waals surface area contributed by atoms with Gasteiger partial charge in [0, 0.05) is 31.3 Å². The lowest BCUT2D eigenvalue weighted by molar-refractivity contribution is -0.384. The molecule has 0 atom stereocenters. The predicted octanol–water partition coefficient (Wildman–Crippen LogP) is 1.59. The number of nitro groups is 1. The second-order valence-corrected chi connectivity index (χ2v) is 4.74. The highest BCUT2D eigenvalue weighted by atomic mass is 16.6. The molecule has 2 rings (SSSR count). The summed E-state index contributed by atoms with van der Waals surface area (Å²) < 4.78 is 0. The van der Waals surface area contributed by atoms with Gasteiger partial charge in [-0.15, -0.1) is 0 Å². The standard InChI is InChI=1S/C14H16N2O4/c17-13-7-9-15(10-8-13)14(18)6-3-11-1-4-12(5-2-11)16(19)20/h1-6,13,17H,7-10H2. The summed E-state index contributed by atoms with van der Waals surface area (Å²) in [6, 6.07) is 6.01. The SMILES string of the molecule is O=C(C=Cc1ccc([N+](=O)[O-])cc1)N1CCC(O)CC1. The van der Waals surface area contributed by atoms with Gasteiger partial charge in [0.1, 0.15) is 0 Å². The van der Waals surface area contributed by atoms with Crippen LogP contribution in [0.1, 0.15) is 18.4 Å². The number of rotatable bonds is 3. The molecule has 0 bridgehead atoms. The number of hydrogen-bond donors (Lipinski definition) is 1. The number of non-ortho nitro benzene ring substituents is 1. The fraction of sp³-hybridized carbons (Fsp3) is 0.357. The molecule has 0 aliphatic carbocycles. The van der Waals surface area contributed by atoms with Crippen molar-refractivity contribution in [2.75, 3.05) is 13.1 Å². The van der Waals surface area contributed by atoms with Gasteiger partial charge >= 0.3 is 0 Å². The number of hydrogen-bond acceptors (Lipinski definition) is 4. The van der Waals surface area contributed by atoms with Crippen LogP contribution in [-0.4, -0.2) is 40.0 Å². The largest absolute Gasteiger partial charge is 0.393 e. The van der Waals surface area contributed by atoms with Crippen molar-refractivity contribution >= 4 is 17.7 Å². The van der Waals surface area contributed by atoms with Gasteiger partial charge in [0.25, 0.3) is 5.69 Å². The number of aliphatic hydroxyl groups excluding tert-OH is 1. The number of nitrogens with zero attached hydrogens (tertiary/aromatic N) is 2. The molecule has 1 saturated heterocycles. The molecule has 1 N–H and O–H groups in total. The summed E-state index contributed by atoms with van der Waals surface area (Å²) in [5.74, 6) is -0.102. The molecule has 6 heteroatoms. The van der Waals surface area contributed by atoms with Gasteiger partial charge in [0.15, 0.2) is 0 Å². The lowest BCUT2D eigenvalue weighted by Crippen LogP contribution is -2.39. The van der Waals surface area contributed by atoms with E-state index in [9.17, 15) is 20.0 Å². The Morgan fingerprint density at radius 3 is 2.45 bits per heavy atom. The van der Waals surface area contributed by atoms with Gasteiger partial charge in [-0.3, -0.25) is 14.9 Å². The van der Waals surface area contributed by atoms with E-state index in [0.717, 1.165) is 5.56 Å². The minimum Gasteiger partial charge on any atom is -0.393 e. The van der Waals surface area contributed by atoms with E-state index in [1.807, 2.05) is 0 Å². The van der Waals surface area contributed by atoms with E-state index in [2.05, 4.69) is 0 Å². The van der Waals surface area contributed by atoms with Gasteiger partial charge in [-0.05, 0) is 36.6 Å². The van der Waals surface area contributed by atoms with Crippen molar-refractivity contribution in [3.63, 3.8) is 0 Å². The van der Waals surface area contributed by atoms with Gasteiger partial charge in [0.2, 0.25) is 5.91 Å². The molecule has 1 amide bonds. The van der Waals surface area contributed by atoms with E-state index in [-0.39, 0.29) is 17.7 Å². The number of benzene rings is 1.